The summed E-state index contributed by atoms with van der Waals surface area (Å²) >= 11 is 7.54. The van der Waals surface area contributed by atoms with Gasteiger partial charge >= 0.3 is 0 Å². The van der Waals surface area contributed by atoms with Crippen LogP contribution in [-0.2, 0) is 6.54 Å². The maximum absolute atomic E-state index is 13.6. The zero-order valence-electron chi connectivity index (χ0n) is 12.9. The van der Waals surface area contributed by atoms with E-state index in [2.05, 4.69) is 4.90 Å². The number of carbonyl (C=O) groups is 1. The molecule has 1 aromatic heterocycles. The predicted molar refractivity (Wildman–Crippen MR) is 91.6 cm³/mol. The minimum atomic E-state index is -0.330. The number of halogens is 2. The average Bonchev–Trinajstić information content (AvgIpc) is 2.95. The smallest absolute Gasteiger partial charge is 0.254 e. The molecule has 6 heteroatoms. The molecule has 0 saturated carbocycles. The van der Waals surface area contributed by atoms with Crippen LogP contribution in [0.4, 0.5) is 4.39 Å². The Morgan fingerprint density at radius 3 is 2.57 bits per heavy atom. The molecule has 1 aliphatic rings. The van der Waals surface area contributed by atoms with Crippen molar-refractivity contribution in [3.8, 4) is 0 Å². The number of benzene rings is 1. The van der Waals surface area contributed by atoms with Crippen LogP contribution in [0.1, 0.15) is 20.8 Å². The number of aryl methyl sites for hydroxylation is 1. The van der Waals surface area contributed by atoms with Crippen molar-refractivity contribution in [2.75, 3.05) is 26.2 Å². The first-order valence-electron chi connectivity index (χ1n) is 7.55. The summed E-state index contributed by atoms with van der Waals surface area (Å²) in [5, 5.41) is 0. The van der Waals surface area contributed by atoms with Crippen molar-refractivity contribution in [1.82, 2.24) is 9.80 Å². The van der Waals surface area contributed by atoms with Gasteiger partial charge in [-0.3, -0.25) is 9.69 Å². The lowest BCUT2D eigenvalue weighted by Crippen LogP contribution is -2.48. The zero-order valence-corrected chi connectivity index (χ0v) is 14.5. The fraction of sp³-hybridized carbons (Fsp3) is 0.353. The van der Waals surface area contributed by atoms with Crippen molar-refractivity contribution < 1.29 is 9.18 Å². The molecule has 0 atom stereocenters. The highest BCUT2D eigenvalue weighted by atomic mass is 35.5. The molecule has 122 valence electrons. The van der Waals surface area contributed by atoms with Crippen LogP contribution in [0, 0.1) is 12.7 Å². The summed E-state index contributed by atoms with van der Waals surface area (Å²) in [7, 11) is 0. The second-order valence-electron chi connectivity index (χ2n) is 5.74. The lowest BCUT2D eigenvalue weighted by atomic mass is 10.1. The van der Waals surface area contributed by atoms with E-state index < -0.39 is 0 Å². The Morgan fingerprint density at radius 2 is 1.96 bits per heavy atom. The van der Waals surface area contributed by atoms with Gasteiger partial charge in [-0.25, -0.2) is 4.39 Å². The molecule has 0 N–H and O–H groups in total. The molecule has 0 unspecified atom stereocenters. The van der Waals surface area contributed by atoms with E-state index >= 15 is 0 Å². The molecular formula is C17H18ClFN2OS. The maximum atomic E-state index is 13.6. The van der Waals surface area contributed by atoms with Crippen molar-refractivity contribution in [3.63, 3.8) is 0 Å². The quantitative estimate of drug-likeness (QED) is 0.838. The van der Waals surface area contributed by atoms with Gasteiger partial charge in [0, 0.05) is 43.2 Å². The molecule has 0 spiro atoms. The monoisotopic (exact) mass is 352 g/mol. The third kappa shape index (κ3) is 3.91. The van der Waals surface area contributed by atoms with E-state index in [0.29, 0.717) is 24.2 Å². The summed E-state index contributed by atoms with van der Waals surface area (Å²) in [6.07, 6.45) is 0. The number of carbonyl (C=O) groups excluding carboxylic acids is 1. The molecule has 1 aromatic carbocycles. The number of piperazine rings is 1. The minimum absolute atomic E-state index is 0.0947. The Bertz CT molecular complexity index is 710. The lowest BCUT2D eigenvalue weighted by Gasteiger charge is -2.34. The maximum Gasteiger partial charge on any atom is 0.254 e. The second-order valence-corrected chi connectivity index (χ2v) is 7.54. The Morgan fingerprint density at radius 1 is 1.22 bits per heavy atom. The molecule has 2 aromatic rings. The first-order chi connectivity index (χ1) is 11.0. The summed E-state index contributed by atoms with van der Waals surface area (Å²) in [6.45, 7) is 5.50. The molecule has 3 rings (SSSR count). The van der Waals surface area contributed by atoms with Gasteiger partial charge in [0.15, 0.2) is 0 Å². The van der Waals surface area contributed by atoms with E-state index in [1.165, 1.54) is 10.9 Å². The molecule has 1 aliphatic heterocycles. The molecule has 0 bridgehead atoms. The number of thiophene rings is 1. The van der Waals surface area contributed by atoms with Gasteiger partial charge in [-0.05, 0) is 36.8 Å². The molecule has 1 fully saturated rings. The Labute approximate surface area is 144 Å². The van der Waals surface area contributed by atoms with E-state index in [9.17, 15) is 9.18 Å². The summed E-state index contributed by atoms with van der Waals surface area (Å²) in [5.74, 6) is -0.424. The van der Waals surface area contributed by atoms with Crippen molar-refractivity contribution in [2.45, 2.75) is 13.5 Å². The van der Waals surface area contributed by atoms with Crippen LogP contribution < -0.4 is 0 Å². The molecule has 0 radical (unpaired) electrons. The molecule has 2 heterocycles. The molecule has 1 amide bonds. The van der Waals surface area contributed by atoms with Crippen LogP contribution >= 0.6 is 22.9 Å². The van der Waals surface area contributed by atoms with E-state index in [1.807, 2.05) is 12.1 Å². The van der Waals surface area contributed by atoms with E-state index in [-0.39, 0.29) is 11.7 Å². The number of rotatable bonds is 3. The second kappa shape index (κ2) is 6.99. The van der Waals surface area contributed by atoms with Crippen molar-refractivity contribution in [2.24, 2.45) is 0 Å². The van der Waals surface area contributed by atoms with Gasteiger partial charge in [0.2, 0.25) is 0 Å². The molecule has 1 saturated heterocycles. The van der Waals surface area contributed by atoms with Gasteiger partial charge in [0.25, 0.3) is 5.91 Å². The van der Waals surface area contributed by atoms with Gasteiger partial charge in [-0.2, -0.15) is 0 Å². The summed E-state index contributed by atoms with van der Waals surface area (Å²) in [6, 6.07) is 8.63. The fourth-order valence-corrected chi connectivity index (χ4v) is 3.80. The fourth-order valence-electron chi connectivity index (χ4n) is 2.67. The van der Waals surface area contributed by atoms with E-state index in [0.717, 1.165) is 24.0 Å². The third-order valence-corrected chi connectivity index (χ3v) is 5.30. The zero-order chi connectivity index (χ0) is 16.4. The van der Waals surface area contributed by atoms with Crippen molar-refractivity contribution in [1.29, 1.82) is 0 Å². The molecule has 3 nitrogen and oxygen atoms in total. The first kappa shape index (κ1) is 16.4. The first-order valence-corrected chi connectivity index (χ1v) is 8.74. The largest absolute Gasteiger partial charge is 0.336 e. The van der Waals surface area contributed by atoms with Crippen LogP contribution in [-0.4, -0.2) is 41.9 Å². The summed E-state index contributed by atoms with van der Waals surface area (Å²) in [4.78, 5) is 17.8. The number of nitrogens with zero attached hydrogens (tertiary/aromatic N) is 2. The number of hydrogen-bond acceptors (Lipinski definition) is 3. The Kier molecular flexibility index (Phi) is 4.99. The number of hydrogen-bond donors (Lipinski definition) is 0. The Balaban J connectivity index is 1.57. The SMILES string of the molecule is Cc1ccc(C(=O)N2CCN(Cc3ccc(Cl)s3)CC2)cc1F. The van der Waals surface area contributed by atoms with Gasteiger partial charge < -0.3 is 4.90 Å². The van der Waals surface area contributed by atoms with Crippen LogP contribution in [0.5, 0.6) is 0 Å². The van der Waals surface area contributed by atoms with Crippen LogP contribution in [0.15, 0.2) is 30.3 Å². The van der Waals surface area contributed by atoms with Gasteiger partial charge in [0.1, 0.15) is 5.82 Å². The highest BCUT2D eigenvalue weighted by Gasteiger charge is 2.22. The highest BCUT2D eigenvalue weighted by molar-refractivity contribution is 7.16. The summed E-state index contributed by atoms with van der Waals surface area (Å²) in [5.41, 5.74) is 0.979. The highest BCUT2D eigenvalue weighted by Crippen LogP contribution is 2.23. The summed E-state index contributed by atoms with van der Waals surface area (Å²) < 4.78 is 14.4. The third-order valence-electron chi connectivity index (χ3n) is 4.09. The van der Waals surface area contributed by atoms with Crippen LogP contribution in [0.2, 0.25) is 4.34 Å². The predicted octanol–water partition coefficient (Wildman–Crippen LogP) is 3.81. The topological polar surface area (TPSA) is 23.6 Å². The molecular weight excluding hydrogens is 335 g/mol. The van der Waals surface area contributed by atoms with Gasteiger partial charge in [0.05, 0.1) is 4.34 Å². The average molecular weight is 353 g/mol. The van der Waals surface area contributed by atoms with E-state index in [4.69, 9.17) is 11.6 Å². The number of amides is 1. The van der Waals surface area contributed by atoms with Crippen LogP contribution in [0.25, 0.3) is 0 Å². The molecule has 23 heavy (non-hydrogen) atoms. The standard InChI is InChI=1S/C17H18ClFN2OS/c1-12-2-3-13(10-15(12)19)17(22)21-8-6-20(7-9-21)11-14-4-5-16(18)23-14/h2-5,10H,6-9,11H2,1H3. The van der Waals surface area contributed by atoms with Crippen LogP contribution in [0.3, 0.4) is 0 Å². The minimum Gasteiger partial charge on any atom is -0.336 e. The Hall–Kier alpha value is -1.43. The van der Waals surface area contributed by atoms with Crippen molar-refractivity contribution >= 4 is 28.8 Å². The van der Waals surface area contributed by atoms with E-state index in [1.54, 1.807) is 35.3 Å². The van der Waals surface area contributed by atoms with Gasteiger partial charge in [-0.15, -0.1) is 11.3 Å². The molecule has 0 aliphatic carbocycles. The van der Waals surface area contributed by atoms with Gasteiger partial charge in [-0.1, -0.05) is 17.7 Å². The lowest BCUT2D eigenvalue weighted by molar-refractivity contribution is 0.0629. The normalized spacial score (nSPS) is 15.9. The van der Waals surface area contributed by atoms with Crippen molar-refractivity contribution in [3.05, 3.63) is 56.5 Å².